The van der Waals surface area contributed by atoms with Gasteiger partial charge >= 0.3 is 5.97 Å². The Balaban J connectivity index is 1.55. The van der Waals surface area contributed by atoms with Crippen LogP contribution in [0.1, 0.15) is 15.3 Å². The predicted octanol–water partition coefficient (Wildman–Crippen LogP) is 7.38. The Labute approximate surface area is 196 Å². The molecule has 33 heavy (non-hydrogen) atoms. The maximum atomic E-state index is 11.0. The lowest BCUT2D eigenvalue weighted by molar-refractivity contribution is -0.132. The zero-order chi connectivity index (χ0) is 23.0. The zero-order valence-corrected chi connectivity index (χ0v) is 18.4. The number of para-hydroxylation sites is 2. The number of benzene rings is 3. The van der Waals surface area contributed by atoms with Crippen molar-refractivity contribution in [1.29, 1.82) is 5.26 Å². The van der Waals surface area contributed by atoms with Crippen LogP contribution in [0.4, 0.5) is 17.1 Å². The van der Waals surface area contributed by atoms with Gasteiger partial charge in [-0.15, -0.1) is 11.3 Å². The Morgan fingerprint density at radius 3 is 1.85 bits per heavy atom. The smallest absolute Gasteiger partial charge is 0.346 e. The SMILES string of the molecule is N#C/C(=C\c1ccc(C=Cc2ccc(N(c3ccccc3)c3ccccc3)cc2)s1)C(=O)O. The number of nitrogens with zero attached hydrogens (tertiary/aromatic N) is 2. The molecule has 0 radical (unpaired) electrons. The van der Waals surface area contributed by atoms with Crippen LogP contribution >= 0.6 is 11.3 Å². The summed E-state index contributed by atoms with van der Waals surface area (Å²) in [6, 6.07) is 34.2. The number of hydrogen-bond acceptors (Lipinski definition) is 4. The van der Waals surface area contributed by atoms with E-state index in [0.717, 1.165) is 32.4 Å². The van der Waals surface area contributed by atoms with Gasteiger partial charge in [0.25, 0.3) is 0 Å². The highest BCUT2D eigenvalue weighted by molar-refractivity contribution is 7.13. The summed E-state index contributed by atoms with van der Waals surface area (Å²) in [5, 5.41) is 17.9. The first-order chi connectivity index (χ1) is 16.1. The fourth-order valence-corrected chi connectivity index (χ4v) is 4.19. The summed E-state index contributed by atoms with van der Waals surface area (Å²) in [5.41, 5.74) is 4.01. The highest BCUT2D eigenvalue weighted by Crippen LogP contribution is 2.34. The van der Waals surface area contributed by atoms with E-state index < -0.39 is 5.97 Å². The van der Waals surface area contributed by atoms with Crippen LogP contribution in [0.25, 0.3) is 18.2 Å². The second-order valence-corrected chi connectivity index (χ2v) is 8.29. The van der Waals surface area contributed by atoms with Crippen LogP contribution in [0.5, 0.6) is 0 Å². The number of carboxylic acids is 1. The summed E-state index contributed by atoms with van der Waals surface area (Å²) in [6.07, 6.45) is 5.39. The molecule has 0 spiro atoms. The predicted molar refractivity (Wildman–Crippen MR) is 136 cm³/mol. The van der Waals surface area contributed by atoms with E-state index in [9.17, 15) is 4.79 Å². The number of aliphatic carboxylic acids is 1. The molecule has 0 fully saturated rings. The van der Waals surface area contributed by atoms with E-state index in [1.165, 1.54) is 17.4 Å². The van der Waals surface area contributed by atoms with Crippen molar-refractivity contribution in [3.8, 4) is 6.07 Å². The molecule has 1 heterocycles. The summed E-state index contributed by atoms with van der Waals surface area (Å²) in [5.74, 6) is -1.22. The van der Waals surface area contributed by atoms with Gasteiger partial charge < -0.3 is 10.0 Å². The molecule has 1 N–H and O–H groups in total. The average molecular weight is 449 g/mol. The third kappa shape index (κ3) is 5.45. The first-order valence-corrected chi connectivity index (χ1v) is 11.1. The Bertz CT molecular complexity index is 1290. The summed E-state index contributed by atoms with van der Waals surface area (Å²) < 4.78 is 0. The molecule has 4 nitrogen and oxygen atoms in total. The van der Waals surface area contributed by atoms with Crippen molar-refractivity contribution >= 4 is 52.6 Å². The second-order valence-electron chi connectivity index (χ2n) is 7.15. The van der Waals surface area contributed by atoms with Gasteiger partial charge in [0, 0.05) is 26.8 Å². The minimum Gasteiger partial charge on any atom is -0.477 e. The number of thiophene rings is 1. The fourth-order valence-electron chi connectivity index (χ4n) is 3.33. The molecule has 4 aromatic rings. The molecule has 160 valence electrons. The van der Waals surface area contributed by atoms with E-state index in [2.05, 4.69) is 53.4 Å². The minimum atomic E-state index is -1.22. The van der Waals surface area contributed by atoms with Gasteiger partial charge in [0.05, 0.1) is 0 Å². The first-order valence-electron chi connectivity index (χ1n) is 10.3. The third-order valence-electron chi connectivity index (χ3n) is 4.91. The fraction of sp³-hybridized carbons (Fsp3) is 0. The second kappa shape index (κ2) is 10.3. The van der Waals surface area contributed by atoms with Crippen molar-refractivity contribution < 1.29 is 9.90 Å². The van der Waals surface area contributed by atoms with Crippen LogP contribution in [0.15, 0.2) is 103 Å². The van der Waals surface area contributed by atoms with E-state index in [1.54, 1.807) is 6.07 Å². The Hall–Kier alpha value is -4.40. The van der Waals surface area contributed by atoms with E-state index in [4.69, 9.17) is 10.4 Å². The molecule has 5 heteroatoms. The van der Waals surface area contributed by atoms with Gasteiger partial charge in [-0.1, -0.05) is 54.6 Å². The van der Waals surface area contributed by atoms with Crippen LogP contribution in [-0.4, -0.2) is 11.1 Å². The van der Waals surface area contributed by atoms with Crippen molar-refractivity contribution in [3.63, 3.8) is 0 Å². The molecular weight excluding hydrogens is 428 g/mol. The van der Waals surface area contributed by atoms with Crippen molar-refractivity contribution in [2.75, 3.05) is 4.90 Å². The van der Waals surface area contributed by atoms with Crippen molar-refractivity contribution in [2.24, 2.45) is 0 Å². The summed E-state index contributed by atoms with van der Waals surface area (Å²) in [7, 11) is 0. The molecule has 4 rings (SSSR count). The van der Waals surface area contributed by atoms with Gasteiger partial charge in [-0.05, 0) is 66.2 Å². The number of carbonyl (C=O) groups is 1. The Morgan fingerprint density at radius 1 is 0.758 bits per heavy atom. The minimum absolute atomic E-state index is 0.274. The lowest BCUT2D eigenvalue weighted by atomic mass is 10.1. The molecule has 0 saturated heterocycles. The highest BCUT2D eigenvalue weighted by Gasteiger charge is 2.11. The van der Waals surface area contributed by atoms with Gasteiger partial charge in [-0.2, -0.15) is 5.26 Å². The van der Waals surface area contributed by atoms with Crippen LogP contribution in [0.2, 0.25) is 0 Å². The summed E-state index contributed by atoms with van der Waals surface area (Å²) in [6.45, 7) is 0. The zero-order valence-electron chi connectivity index (χ0n) is 17.6. The van der Waals surface area contributed by atoms with E-state index in [0.29, 0.717) is 0 Å². The van der Waals surface area contributed by atoms with Gasteiger partial charge in [0.15, 0.2) is 0 Å². The molecule has 0 saturated carbocycles. The lowest BCUT2D eigenvalue weighted by Crippen LogP contribution is -2.09. The van der Waals surface area contributed by atoms with E-state index in [-0.39, 0.29) is 5.57 Å². The van der Waals surface area contributed by atoms with Gasteiger partial charge in [0.1, 0.15) is 11.6 Å². The molecule has 0 atom stereocenters. The van der Waals surface area contributed by atoms with Crippen LogP contribution in [0.3, 0.4) is 0 Å². The highest BCUT2D eigenvalue weighted by atomic mass is 32.1. The van der Waals surface area contributed by atoms with E-state index >= 15 is 0 Å². The molecule has 0 bridgehead atoms. The first kappa shape index (κ1) is 21.8. The van der Waals surface area contributed by atoms with Crippen LogP contribution < -0.4 is 4.90 Å². The molecule has 3 aromatic carbocycles. The normalized spacial score (nSPS) is 11.3. The average Bonchev–Trinajstić information content (AvgIpc) is 3.31. The molecule has 0 aliphatic carbocycles. The maximum Gasteiger partial charge on any atom is 0.346 e. The number of hydrogen-bond donors (Lipinski definition) is 1. The van der Waals surface area contributed by atoms with Gasteiger partial charge in [-0.25, -0.2) is 4.79 Å². The number of anilines is 3. The molecule has 0 amide bonds. The summed E-state index contributed by atoms with van der Waals surface area (Å²) >= 11 is 1.43. The van der Waals surface area contributed by atoms with Gasteiger partial charge in [0.2, 0.25) is 0 Å². The standard InChI is InChI=1S/C28H20N2O2S/c29-20-22(28(31)32)19-27-18-17-26(33-27)16-13-21-11-14-25(15-12-21)30(23-7-3-1-4-8-23)24-9-5-2-6-10-24/h1-19H,(H,31,32)/b16-13?,22-19+. The van der Waals surface area contributed by atoms with Crippen LogP contribution in [0, 0.1) is 11.3 Å². The molecule has 1 aromatic heterocycles. The number of carboxylic acid groups (broad SMARTS) is 1. The van der Waals surface area contributed by atoms with Crippen LogP contribution in [-0.2, 0) is 4.79 Å². The molecule has 0 aliphatic heterocycles. The van der Waals surface area contributed by atoms with Crippen molar-refractivity contribution in [3.05, 3.63) is 118 Å². The summed E-state index contributed by atoms with van der Waals surface area (Å²) in [4.78, 5) is 14.9. The third-order valence-corrected chi connectivity index (χ3v) is 5.90. The van der Waals surface area contributed by atoms with Gasteiger partial charge in [-0.3, -0.25) is 0 Å². The molecular formula is C28H20N2O2S. The molecule has 0 aliphatic rings. The van der Waals surface area contributed by atoms with Crippen molar-refractivity contribution in [1.82, 2.24) is 0 Å². The lowest BCUT2D eigenvalue weighted by Gasteiger charge is -2.25. The monoisotopic (exact) mass is 448 g/mol. The van der Waals surface area contributed by atoms with E-state index in [1.807, 2.05) is 60.7 Å². The Kier molecular flexibility index (Phi) is 6.79. The quantitative estimate of drug-likeness (QED) is 0.237. The number of nitriles is 1. The number of rotatable bonds is 7. The topological polar surface area (TPSA) is 64.3 Å². The Morgan fingerprint density at radius 2 is 1.30 bits per heavy atom. The van der Waals surface area contributed by atoms with Crippen molar-refractivity contribution in [2.45, 2.75) is 0 Å². The molecule has 0 unspecified atom stereocenters. The maximum absolute atomic E-state index is 11.0. The largest absolute Gasteiger partial charge is 0.477 e.